The van der Waals surface area contributed by atoms with Crippen LogP contribution in [0.15, 0.2) is 30.5 Å². The highest BCUT2D eigenvalue weighted by Crippen LogP contribution is 2.16. The third kappa shape index (κ3) is 2.71. The van der Waals surface area contributed by atoms with Gasteiger partial charge in [0.1, 0.15) is 11.3 Å². The van der Waals surface area contributed by atoms with E-state index in [2.05, 4.69) is 29.4 Å². The van der Waals surface area contributed by atoms with Crippen molar-refractivity contribution in [1.29, 1.82) is 0 Å². The van der Waals surface area contributed by atoms with Gasteiger partial charge < -0.3 is 5.11 Å². The van der Waals surface area contributed by atoms with Crippen LogP contribution in [0.4, 0.5) is 0 Å². The van der Waals surface area contributed by atoms with Crippen molar-refractivity contribution in [1.82, 2.24) is 15.0 Å². The zero-order valence-electron chi connectivity index (χ0n) is 10.4. The lowest BCUT2D eigenvalue weighted by atomic mass is 10.1. The molecular weight excluding hydrogens is 214 g/mol. The summed E-state index contributed by atoms with van der Waals surface area (Å²) in [5, 5.41) is 17.8. The molecule has 0 atom stereocenters. The Morgan fingerprint density at radius 2 is 2.00 bits per heavy atom. The molecule has 4 nitrogen and oxygen atoms in total. The summed E-state index contributed by atoms with van der Waals surface area (Å²) >= 11 is 0. The summed E-state index contributed by atoms with van der Waals surface area (Å²) in [6, 6.07) is 8.17. The molecule has 2 rings (SSSR count). The Balaban J connectivity index is 2.21. The summed E-state index contributed by atoms with van der Waals surface area (Å²) in [4.78, 5) is 0. The van der Waals surface area contributed by atoms with E-state index in [1.54, 1.807) is 24.7 Å². The molecule has 0 unspecified atom stereocenters. The molecule has 0 saturated heterocycles. The first-order valence-corrected chi connectivity index (χ1v) is 5.64. The van der Waals surface area contributed by atoms with Crippen molar-refractivity contribution in [2.24, 2.45) is 0 Å². The predicted octanol–water partition coefficient (Wildman–Crippen LogP) is 1.86. The molecule has 17 heavy (non-hydrogen) atoms. The number of aryl methyl sites for hydroxylation is 1. The van der Waals surface area contributed by atoms with Crippen molar-refractivity contribution in [3.05, 3.63) is 47.3 Å². The molecule has 90 valence electrons. The van der Waals surface area contributed by atoms with Gasteiger partial charge in [0, 0.05) is 0 Å². The molecule has 0 fully saturated rings. The van der Waals surface area contributed by atoms with E-state index in [0.717, 1.165) is 0 Å². The first-order valence-electron chi connectivity index (χ1n) is 5.64. The maximum atomic E-state index is 9.81. The molecule has 0 aliphatic carbocycles. The fraction of sp³-hybridized carbons (Fsp3) is 0.385. The van der Waals surface area contributed by atoms with Gasteiger partial charge in [-0.15, -0.1) is 5.10 Å². The fourth-order valence-corrected chi connectivity index (χ4v) is 1.62. The van der Waals surface area contributed by atoms with Crippen LogP contribution in [0.1, 0.15) is 30.7 Å². The molecule has 1 aromatic heterocycles. The normalized spacial score (nSPS) is 11.8. The molecule has 1 N–H and O–H groups in total. The standard InChI is InChI=1S/C13H17N3O/c1-10-6-4-5-7-11(10)8-16-9-12(14-15-16)13(2,3)17/h4-7,9,17H,8H2,1-3H3. The van der Waals surface area contributed by atoms with Crippen LogP contribution in [0.5, 0.6) is 0 Å². The van der Waals surface area contributed by atoms with Crippen molar-refractivity contribution in [2.75, 3.05) is 0 Å². The third-order valence-corrected chi connectivity index (χ3v) is 2.76. The Kier molecular flexibility index (Phi) is 2.98. The van der Waals surface area contributed by atoms with Crippen LogP contribution in [-0.2, 0) is 12.1 Å². The van der Waals surface area contributed by atoms with Gasteiger partial charge in [-0.25, -0.2) is 4.68 Å². The minimum Gasteiger partial charge on any atom is -0.384 e. The van der Waals surface area contributed by atoms with Gasteiger partial charge in [-0.2, -0.15) is 0 Å². The summed E-state index contributed by atoms with van der Waals surface area (Å²) in [6.07, 6.45) is 1.78. The monoisotopic (exact) mass is 231 g/mol. The van der Waals surface area contributed by atoms with Gasteiger partial charge in [-0.05, 0) is 31.9 Å². The van der Waals surface area contributed by atoms with Gasteiger partial charge in [0.2, 0.25) is 0 Å². The Morgan fingerprint density at radius 1 is 1.29 bits per heavy atom. The Bertz CT molecular complexity index is 511. The molecule has 4 heteroatoms. The molecule has 0 spiro atoms. The second-order valence-corrected chi connectivity index (χ2v) is 4.79. The largest absolute Gasteiger partial charge is 0.384 e. The molecule has 0 aliphatic heterocycles. The van der Waals surface area contributed by atoms with Gasteiger partial charge in [-0.3, -0.25) is 0 Å². The first kappa shape index (κ1) is 11.8. The number of nitrogens with zero attached hydrogens (tertiary/aromatic N) is 3. The van der Waals surface area contributed by atoms with Gasteiger partial charge in [-0.1, -0.05) is 29.5 Å². The Hall–Kier alpha value is -1.68. The minimum absolute atomic E-state index is 0.589. The maximum absolute atomic E-state index is 9.81. The zero-order chi connectivity index (χ0) is 12.5. The minimum atomic E-state index is -0.940. The van der Waals surface area contributed by atoms with Crippen molar-refractivity contribution >= 4 is 0 Å². The van der Waals surface area contributed by atoms with Crippen LogP contribution < -0.4 is 0 Å². The highest BCUT2D eigenvalue weighted by atomic mass is 16.3. The SMILES string of the molecule is Cc1ccccc1Cn1cc(C(C)(C)O)nn1. The number of hydrogen-bond donors (Lipinski definition) is 1. The van der Waals surface area contributed by atoms with Gasteiger partial charge in [0.15, 0.2) is 0 Å². The molecular formula is C13H17N3O. The first-order chi connectivity index (χ1) is 7.97. The average molecular weight is 231 g/mol. The van der Waals surface area contributed by atoms with Crippen LogP contribution in [0.2, 0.25) is 0 Å². The van der Waals surface area contributed by atoms with Crippen LogP contribution in [0, 0.1) is 6.92 Å². The third-order valence-electron chi connectivity index (χ3n) is 2.76. The summed E-state index contributed by atoms with van der Waals surface area (Å²) in [7, 11) is 0. The topological polar surface area (TPSA) is 50.9 Å². The van der Waals surface area contributed by atoms with E-state index in [4.69, 9.17) is 0 Å². The summed E-state index contributed by atoms with van der Waals surface area (Å²) in [5.74, 6) is 0. The number of aliphatic hydroxyl groups is 1. The molecule has 2 aromatic rings. The predicted molar refractivity (Wildman–Crippen MR) is 65.5 cm³/mol. The molecule has 0 bridgehead atoms. The summed E-state index contributed by atoms with van der Waals surface area (Å²) in [5.41, 5.74) is 2.09. The van der Waals surface area contributed by atoms with E-state index >= 15 is 0 Å². The lowest BCUT2D eigenvalue weighted by molar-refractivity contribution is 0.0737. The highest BCUT2D eigenvalue weighted by Gasteiger charge is 2.20. The second kappa shape index (κ2) is 4.30. The van der Waals surface area contributed by atoms with Gasteiger partial charge >= 0.3 is 0 Å². The quantitative estimate of drug-likeness (QED) is 0.877. The lowest BCUT2D eigenvalue weighted by Crippen LogP contribution is -2.15. The van der Waals surface area contributed by atoms with Crippen LogP contribution in [0.3, 0.4) is 0 Å². The Morgan fingerprint density at radius 3 is 2.59 bits per heavy atom. The average Bonchev–Trinajstić information content (AvgIpc) is 2.69. The van der Waals surface area contributed by atoms with E-state index in [9.17, 15) is 5.11 Å². The molecule has 0 radical (unpaired) electrons. The van der Waals surface area contributed by atoms with Crippen LogP contribution in [0.25, 0.3) is 0 Å². The summed E-state index contributed by atoms with van der Waals surface area (Å²) < 4.78 is 1.75. The van der Waals surface area contributed by atoms with E-state index in [0.29, 0.717) is 12.2 Å². The van der Waals surface area contributed by atoms with Gasteiger partial charge in [0.05, 0.1) is 12.7 Å². The lowest BCUT2D eigenvalue weighted by Gasteiger charge is -2.11. The van der Waals surface area contributed by atoms with E-state index in [1.165, 1.54) is 11.1 Å². The fourth-order valence-electron chi connectivity index (χ4n) is 1.62. The summed E-state index contributed by atoms with van der Waals surface area (Å²) in [6.45, 7) is 6.16. The van der Waals surface area contributed by atoms with Crippen molar-refractivity contribution < 1.29 is 5.11 Å². The van der Waals surface area contributed by atoms with E-state index in [1.807, 2.05) is 12.1 Å². The molecule has 1 aromatic carbocycles. The second-order valence-electron chi connectivity index (χ2n) is 4.79. The van der Waals surface area contributed by atoms with E-state index < -0.39 is 5.60 Å². The van der Waals surface area contributed by atoms with Crippen molar-refractivity contribution in [3.8, 4) is 0 Å². The van der Waals surface area contributed by atoms with Crippen molar-refractivity contribution in [3.63, 3.8) is 0 Å². The number of rotatable bonds is 3. The molecule has 0 aliphatic rings. The number of benzene rings is 1. The van der Waals surface area contributed by atoms with E-state index in [-0.39, 0.29) is 0 Å². The van der Waals surface area contributed by atoms with Crippen molar-refractivity contribution in [2.45, 2.75) is 32.9 Å². The zero-order valence-corrected chi connectivity index (χ0v) is 10.4. The molecule has 0 amide bonds. The smallest absolute Gasteiger partial charge is 0.114 e. The van der Waals surface area contributed by atoms with Crippen LogP contribution >= 0.6 is 0 Å². The maximum Gasteiger partial charge on any atom is 0.114 e. The number of aromatic nitrogens is 3. The highest BCUT2D eigenvalue weighted by molar-refractivity contribution is 5.25. The molecule has 0 saturated carbocycles. The molecule has 1 heterocycles. The Labute approximate surface area is 101 Å². The van der Waals surface area contributed by atoms with Gasteiger partial charge in [0.25, 0.3) is 0 Å². The number of hydrogen-bond acceptors (Lipinski definition) is 3. The van der Waals surface area contributed by atoms with Crippen LogP contribution in [-0.4, -0.2) is 20.1 Å².